The lowest BCUT2D eigenvalue weighted by atomic mass is 10.0. The first-order valence-corrected chi connectivity index (χ1v) is 11.2. The molecule has 0 saturated heterocycles. The smallest absolute Gasteiger partial charge is 0.262 e. The number of aromatic nitrogens is 2. The molecule has 5 aromatic rings. The Morgan fingerprint density at radius 2 is 1.85 bits per heavy atom. The van der Waals surface area contributed by atoms with Crippen LogP contribution in [-0.4, -0.2) is 22.6 Å². The molecule has 6 rings (SSSR count). The fraction of sp³-hybridized carbons (Fsp3) is 0.143. The molecule has 168 valence electrons. The standard InChI is InChI=1S/C28H22FN3O2/c1-34-25-12-11-17(13-21(25)29)14-22-27-26(20-15-30-16-23(20)31-22)19-9-5-6-10-24(19)32(27)28(33)18-7-3-2-4-8-18/h2-13,30H,14-16H2,1H3. The number of benzene rings is 3. The topological polar surface area (TPSA) is 56.2 Å². The molecular weight excluding hydrogens is 429 g/mol. The highest BCUT2D eigenvalue weighted by Gasteiger charge is 2.26. The van der Waals surface area contributed by atoms with Crippen molar-refractivity contribution in [3.8, 4) is 5.75 Å². The summed E-state index contributed by atoms with van der Waals surface area (Å²) in [6, 6.07) is 22.2. The molecule has 2 aromatic heterocycles. The lowest BCUT2D eigenvalue weighted by Crippen LogP contribution is -2.13. The predicted octanol–water partition coefficient (Wildman–Crippen LogP) is 5.22. The third kappa shape index (κ3) is 3.18. The van der Waals surface area contributed by atoms with E-state index in [1.807, 2.05) is 54.6 Å². The Bertz CT molecular complexity index is 1570. The molecule has 3 aromatic carbocycles. The molecule has 1 aliphatic rings. The highest BCUT2D eigenvalue weighted by Crippen LogP contribution is 2.37. The molecule has 0 radical (unpaired) electrons. The van der Waals surface area contributed by atoms with Crippen molar-refractivity contribution in [1.29, 1.82) is 0 Å². The third-order valence-electron chi connectivity index (χ3n) is 6.47. The van der Waals surface area contributed by atoms with Crippen LogP contribution in [0.3, 0.4) is 0 Å². The van der Waals surface area contributed by atoms with Crippen LogP contribution in [0.15, 0.2) is 72.8 Å². The predicted molar refractivity (Wildman–Crippen MR) is 130 cm³/mol. The molecule has 1 N–H and O–H groups in total. The number of nitrogens with zero attached hydrogens (tertiary/aromatic N) is 2. The molecule has 0 amide bonds. The average Bonchev–Trinajstić information content (AvgIpc) is 3.47. The Labute approximate surface area is 195 Å². The van der Waals surface area contributed by atoms with Crippen LogP contribution in [0.1, 0.15) is 32.9 Å². The zero-order valence-corrected chi connectivity index (χ0v) is 18.6. The summed E-state index contributed by atoms with van der Waals surface area (Å²) in [6.07, 6.45) is 0.392. The van der Waals surface area contributed by atoms with Gasteiger partial charge in [0.25, 0.3) is 5.91 Å². The van der Waals surface area contributed by atoms with Crippen molar-refractivity contribution in [1.82, 2.24) is 14.9 Å². The highest BCUT2D eigenvalue weighted by molar-refractivity contribution is 6.18. The third-order valence-corrected chi connectivity index (χ3v) is 6.47. The first-order chi connectivity index (χ1) is 16.7. The van der Waals surface area contributed by atoms with Crippen molar-refractivity contribution < 1.29 is 13.9 Å². The van der Waals surface area contributed by atoms with E-state index in [4.69, 9.17) is 9.72 Å². The van der Waals surface area contributed by atoms with Crippen molar-refractivity contribution in [2.24, 2.45) is 0 Å². The second-order valence-electron chi connectivity index (χ2n) is 8.48. The number of carbonyl (C=O) groups is 1. The Balaban J connectivity index is 1.65. The van der Waals surface area contributed by atoms with Crippen LogP contribution in [0.5, 0.6) is 5.75 Å². The number of carbonyl (C=O) groups excluding carboxylic acids is 1. The molecule has 6 heteroatoms. The summed E-state index contributed by atoms with van der Waals surface area (Å²) < 4.78 is 21.3. The van der Waals surface area contributed by atoms with E-state index in [2.05, 4.69) is 11.4 Å². The largest absolute Gasteiger partial charge is 0.494 e. The monoisotopic (exact) mass is 451 g/mol. The van der Waals surface area contributed by atoms with Gasteiger partial charge in [0.05, 0.1) is 29.5 Å². The van der Waals surface area contributed by atoms with Crippen LogP contribution in [0, 0.1) is 5.82 Å². The fourth-order valence-corrected chi connectivity index (χ4v) is 4.95. The van der Waals surface area contributed by atoms with E-state index in [9.17, 15) is 9.18 Å². The van der Waals surface area contributed by atoms with Crippen LogP contribution in [0.25, 0.3) is 21.8 Å². The lowest BCUT2D eigenvalue weighted by molar-refractivity contribution is 0.0969. The number of rotatable bonds is 4. The van der Waals surface area contributed by atoms with Gasteiger partial charge in [-0.1, -0.05) is 42.5 Å². The van der Waals surface area contributed by atoms with Gasteiger partial charge in [-0.05, 0) is 41.5 Å². The van der Waals surface area contributed by atoms with Gasteiger partial charge in [-0.2, -0.15) is 0 Å². The van der Waals surface area contributed by atoms with Crippen LogP contribution >= 0.6 is 0 Å². The number of nitrogens with one attached hydrogen (secondary N) is 1. The number of hydrogen-bond acceptors (Lipinski definition) is 4. The maximum Gasteiger partial charge on any atom is 0.262 e. The van der Waals surface area contributed by atoms with E-state index < -0.39 is 5.82 Å². The second kappa shape index (κ2) is 8.08. The molecule has 5 nitrogen and oxygen atoms in total. The van der Waals surface area contributed by atoms with E-state index >= 15 is 0 Å². The molecule has 0 fully saturated rings. The minimum atomic E-state index is -0.417. The first kappa shape index (κ1) is 20.6. The number of hydrogen-bond donors (Lipinski definition) is 1. The minimum Gasteiger partial charge on any atom is -0.494 e. The van der Waals surface area contributed by atoms with Gasteiger partial charge < -0.3 is 10.1 Å². The van der Waals surface area contributed by atoms with Gasteiger partial charge in [0.15, 0.2) is 11.6 Å². The number of methoxy groups -OCH3 is 1. The summed E-state index contributed by atoms with van der Waals surface area (Å²) in [5, 5.41) is 5.46. The molecular formula is C28H22FN3O2. The van der Waals surface area contributed by atoms with Gasteiger partial charge in [0, 0.05) is 35.8 Å². The van der Waals surface area contributed by atoms with Gasteiger partial charge in [0.2, 0.25) is 0 Å². The zero-order chi connectivity index (χ0) is 23.2. The number of halogens is 1. The van der Waals surface area contributed by atoms with E-state index in [0.29, 0.717) is 25.1 Å². The van der Waals surface area contributed by atoms with Crippen molar-refractivity contribution in [2.45, 2.75) is 19.5 Å². The summed E-state index contributed by atoms with van der Waals surface area (Å²) in [4.78, 5) is 18.8. The quantitative estimate of drug-likeness (QED) is 0.407. The SMILES string of the molecule is COc1ccc(Cc2nc3c(c4c5ccccc5n(C(=O)c5ccccc5)c24)CNC3)cc1F. The Kier molecular flexibility index (Phi) is 4.89. The number of pyridine rings is 1. The fourth-order valence-electron chi connectivity index (χ4n) is 4.95. The van der Waals surface area contributed by atoms with Crippen LogP contribution in [-0.2, 0) is 19.5 Å². The number of para-hydroxylation sites is 1. The zero-order valence-electron chi connectivity index (χ0n) is 18.6. The molecule has 0 unspecified atom stereocenters. The average molecular weight is 452 g/mol. The van der Waals surface area contributed by atoms with Crippen molar-refractivity contribution >= 4 is 27.7 Å². The molecule has 1 aliphatic heterocycles. The van der Waals surface area contributed by atoms with Gasteiger partial charge in [-0.25, -0.2) is 4.39 Å². The molecule has 3 heterocycles. The van der Waals surface area contributed by atoms with Crippen LogP contribution in [0.2, 0.25) is 0 Å². The van der Waals surface area contributed by atoms with E-state index in [1.165, 1.54) is 13.2 Å². The van der Waals surface area contributed by atoms with Gasteiger partial charge in [0.1, 0.15) is 0 Å². The Morgan fingerprint density at radius 3 is 2.65 bits per heavy atom. The van der Waals surface area contributed by atoms with E-state index in [0.717, 1.165) is 44.3 Å². The Hall–Kier alpha value is -4.03. The van der Waals surface area contributed by atoms with Crippen LogP contribution < -0.4 is 10.1 Å². The summed E-state index contributed by atoms with van der Waals surface area (Å²) in [7, 11) is 1.45. The van der Waals surface area contributed by atoms with Crippen LogP contribution in [0.4, 0.5) is 4.39 Å². The van der Waals surface area contributed by atoms with Crippen molar-refractivity contribution in [3.05, 3.63) is 107 Å². The summed E-state index contributed by atoms with van der Waals surface area (Å²) in [6.45, 7) is 1.37. The Morgan fingerprint density at radius 1 is 1.06 bits per heavy atom. The maximum atomic E-state index is 14.5. The molecule has 0 atom stereocenters. The van der Waals surface area contributed by atoms with Crippen molar-refractivity contribution in [2.75, 3.05) is 7.11 Å². The highest BCUT2D eigenvalue weighted by atomic mass is 19.1. The normalized spacial score (nSPS) is 12.9. The summed E-state index contributed by atoms with van der Waals surface area (Å²) in [5.74, 6) is -0.324. The van der Waals surface area contributed by atoms with E-state index in [1.54, 1.807) is 10.6 Å². The van der Waals surface area contributed by atoms with Gasteiger partial charge >= 0.3 is 0 Å². The molecule has 0 aliphatic carbocycles. The number of fused-ring (bicyclic) bond motifs is 5. The molecule has 34 heavy (non-hydrogen) atoms. The first-order valence-electron chi connectivity index (χ1n) is 11.2. The van der Waals surface area contributed by atoms with Gasteiger partial charge in [-0.15, -0.1) is 0 Å². The second-order valence-corrected chi connectivity index (χ2v) is 8.48. The summed E-state index contributed by atoms with van der Waals surface area (Å²) >= 11 is 0. The van der Waals surface area contributed by atoms with Gasteiger partial charge in [-0.3, -0.25) is 14.3 Å². The summed E-state index contributed by atoms with van der Waals surface area (Å²) in [5.41, 5.74) is 5.85. The lowest BCUT2D eigenvalue weighted by Gasteiger charge is -2.12. The maximum absolute atomic E-state index is 14.5. The molecule has 0 saturated carbocycles. The van der Waals surface area contributed by atoms with E-state index in [-0.39, 0.29) is 11.7 Å². The molecule has 0 spiro atoms. The van der Waals surface area contributed by atoms with Crippen molar-refractivity contribution in [3.63, 3.8) is 0 Å². The molecule has 0 bridgehead atoms. The number of ether oxygens (including phenoxy) is 1. The minimum absolute atomic E-state index is 0.110.